The molecular weight excluding hydrogens is 575 g/mol. The van der Waals surface area contributed by atoms with E-state index in [0.29, 0.717) is 5.69 Å². The van der Waals surface area contributed by atoms with Crippen LogP contribution >= 0.6 is 70.6 Å². The SMILES string of the molecule is CCCSC1=C(SCCC)SC(=C2Sc3cn(S(=O)(=O)c4ccc(C)cc4)c(C(C)(C)O)c3S2)S1. The summed E-state index contributed by atoms with van der Waals surface area (Å²) in [5.74, 6) is 2.21. The summed E-state index contributed by atoms with van der Waals surface area (Å²) < 4.78 is 33.5. The Morgan fingerprint density at radius 1 is 0.914 bits per heavy atom. The Hall–Kier alpha value is -0.0100. The predicted molar refractivity (Wildman–Crippen MR) is 160 cm³/mol. The van der Waals surface area contributed by atoms with E-state index in [-0.39, 0.29) is 4.90 Å². The van der Waals surface area contributed by atoms with Gasteiger partial charge in [-0.05, 0) is 57.3 Å². The van der Waals surface area contributed by atoms with Crippen molar-refractivity contribution in [3.63, 3.8) is 0 Å². The summed E-state index contributed by atoms with van der Waals surface area (Å²) in [7, 11) is -3.83. The van der Waals surface area contributed by atoms with Crippen molar-refractivity contribution in [1.29, 1.82) is 0 Å². The van der Waals surface area contributed by atoms with Crippen LogP contribution in [-0.2, 0) is 15.6 Å². The fourth-order valence-electron chi connectivity index (χ4n) is 3.40. The molecule has 0 amide bonds. The third kappa shape index (κ3) is 6.02. The molecule has 11 heteroatoms. The number of aromatic nitrogens is 1. The van der Waals surface area contributed by atoms with E-state index in [0.717, 1.165) is 43.9 Å². The zero-order valence-corrected chi connectivity index (χ0v) is 26.0. The Balaban J connectivity index is 1.68. The summed E-state index contributed by atoms with van der Waals surface area (Å²) >= 11 is 10.7. The summed E-state index contributed by atoms with van der Waals surface area (Å²) in [6.45, 7) is 9.64. The molecule has 2 aliphatic heterocycles. The molecule has 3 heterocycles. The number of aryl methyl sites for hydroxylation is 1. The molecule has 35 heavy (non-hydrogen) atoms. The van der Waals surface area contributed by atoms with E-state index >= 15 is 0 Å². The fourth-order valence-corrected chi connectivity index (χ4v) is 13.8. The van der Waals surface area contributed by atoms with Gasteiger partial charge >= 0.3 is 0 Å². The minimum absolute atomic E-state index is 0.220. The summed E-state index contributed by atoms with van der Waals surface area (Å²) in [5, 5.41) is 11.1. The highest BCUT2D eigenvalue weighted by Crippen LogP contribution is 2.65. The van der Waals surface area contributed by atoms with Crippen LogP contribution < -0.4 is 0 Å². The van der Waals surface area contributed by atoms with E-state index in [1.54, 1.807) is 67.8 Å². The second kappa shape index (κ2) is 11.4. The number of thioether (sulfide) groups is 6. The van der Waals surface area contributed by atoms with Crippen LogP contribution in [0.2, 0.25) is 0 Å². The van der Waals surface area contributed by atoms with Crippen LogP contribution in [0.3, 0.4) is 0 Å². The monoisotopic (exact) mass is 603 g/mol. The highest BCUT2D eigenvalue weighted by molar-refractivity contribution is 8.42. The number of aliphatic hydroxyl groups is 1. The topological polar surface area (TPSA) is 59.3 Å². The number of hydrogen-bond donors (Lipinski definition) is 1. The van der Waals surface area contributed by atoms with Gasteiger partial charge in [0, 0.05) is 11.1 Å². The van der Waals surface area contributed by atoms with Crippen LogP contribution in [0.5, 0.6) is 0 Å². The van der Waals surface area contributed by atoms with Crippen molar-refractivity contribution in [3.8, 4) is 0 Å². The Kier molecular flexibility index (Phi) is 9.12. The van der Waals surface area contributed by atoms with Gasteiger partial charge in [0.1, 0.15) is 5.60 Å². The quantitative estimate of drug-likeness (QED) is 0.304. The second-order valence-corrected chi connectivity index (χ2v) is 17.8. The molecule has 4 nitrogen and oxygen atoms in total. The van der Waals surface area contributed by atoms with Gasteiger partial charge in [0.05, 0.1) is 32.4 Å². The smallest absolute Gasteiger partial charge is 0.268 e. The van der Waals surface area contributed by atoms with Crippen molar-refractivity contribution < 1.29 is 13.5 Å². The van der Waals surface area contributed by atoms with Crippen molar-refractivity contribution in [3.05, 3.63) is 58.7 Å². The van der Waals surface area contributed by atoms with Gasteiger partial charge < -0.3 is 5.11 Å². The molecule has 2 aromatic rings. The molecule has 4 rings (SSSR count). The lowest BCUT2D eigenvalue weighted by Crippen LogP contribution is -2.25. The number of nitrogens with zero attached hydrogens (tertiary/aromatic N) is 1. The van der Waals surface area contributed by atoms with Gasteiger partial charge in [-0.15, -0.1) is 23.5 Å². The maximum absolute atomic E-state index is 13.5. The fraction of sp³-hybridized carbons (Fsp3) is 0.417. The van der Waals surface area contributed by atoms with Gasteiger partial charge in [0.2, 0.25) is 0 Å². The predicted octanol–water partition coefficient (Wildman–Crippen LogP) is 8.48. The molecule has 2 aliphatic rings. The van der Waals surface area contributed by atoms with Crippen LogP contribution in [0.25, 0.3) is 0 Å². The van der Waals surface area contributed by atoms with E-state index in [9.17, 15) is 13.5 Å². The van der Waals surface area contributed by atoms with Crippen molar-refractivity contribution in [2.75, 3.05) is 11.5 Å². The van der Waals surface area contributed by atoms with Crippen LogP contribution in [-0.4, -0.2) is 29.0 Å². The maximum Gasteiger partial charge on any atom is 0.268 e. The summed E-state index contributed by atoms with van der Waals surface area (Å²) in [5.41, 5.74) is 0.0952. The average Bonchev–Trinajstić information content (AvgIpc) is 3.48. The number of benzene rings is 1. The highest BCUT2D eigenvalue weighted by Gasteiger charge is 2.38. The minimum Gasteiger partial charge on any atom is -0.384 e. The lowest BCUT2D eigenvalue weighted by atomic mass is 10.1. The Labute approximate surface area is 234 Å². The molecule has 0 aliphatic carbocycles. The molecule has 0 atom stereocenters. The molecule has 0 bridgehead atoms. The van der Waals surface area contributed by atoms with E-state index in [2.05, 4.69) is 13.8 Å². The lowest BCUT2D eigenvalue weighted by Gasteiger charge is -2.22. The van der Waals surface area contributed by atoms with Crippen molar-refractivity contribution in [2.45, 2.75) is 67.7 Å². The molecule has 1 aromatic heterocycles. The van der Waals surface area contributed by atoms with Gasteiger partial charge in [-0.25, -0.2) is 12.4 Å². The first-order valence-electron chi connectivity index (χ1n) is 11.3. The third-order valence-electron chi connectivity index (χ3n) is 5.03. The molecule has 1 N–H and O–H groups in total. The average molecular weight is 604 g/mol. The Morgan fingerprint density at radius 2 is 1.46 bits per heavy atom. The zero-order valence-electron chi connectivity index (χ0n) is 20.3. The van der Waals surface area contributed by atoms with Crippen LogP contribution in [0, 0.1) is 6.92 Å². The first-order valence-corrected chi connectivity index (χ1v) is 18.0. The largest absolute Gasteiger partial charge is 0.384 e. The third-order valence-corrected chi connectivity index (χ3v) is 15.7. The van der Waals surface area contributed by atoms with Crippen molar-refractivity contribution in [1.82, 2.24) is 3.97 Å². The number of hydrogen-bond acceptors (Lipinski definition) is 9. The summed E-state index contributed by atoms with van der Waals surface area (Å²) in [6.07, 6.45) is 3.96. The molecule has 0 radical (unpaired) electrons. The number of fused-ring (bicyclic) bond motifs is 1. The summed E-state index contributed by atoms with van der Waals surface area (Å²) in [6, 6.07) is 6.84. The van der Waals surface area contributed by atoms with Gasteiger partial charge in [-0.1, -0.05) is 78.6 Å². The Morgan fingerprint density at radius 3 is 1.97 bits per heavy atom. The normalized spacial score (nSPS) is 16.5. The van der Waals surface area contributed by atoms with E-state index in [4.69, 9.17) is 0 Å². The molecule has 1 aromatic carbocycles. The van der Waals surface area contributed by atoms with Crippen LogP contribution in [0.4, 0.5) is 0 Å². The summed E-state index contributed by atoms with van der Waals surface area (Å²) in [4.78, 5) is 1.93. The van der Waals surface area contributed by atoms with Gasteiger partial charge in [0.15, 0.2) is 0 Å². The maximum atomic E-state index is 13.5. The zero-order chi connectivity index (χ0) is 25.4. The van der Waals surface area contributed by atoms with E-state index < -0.39 is 15.6 Å². The lowest BCUT2D eigenvalue weighted by molar-refractivity contribution is 0.0700. The van der Waals surface area contributed by atoms with Gasteiger partial charge in [-0.2, -0.15) is 0 Å². The number of rotatable bonds is 9. The molecule has 0 fully saturated rings. The molecule has 0 saturated carbocycles. The molecular formula is C24H29NO3S7. The van der Waals surface area contributed by atoms with Crippen LogP contribution in [0.1, 0.15) is 51.8 Å². The van der Waals surface area contributed by atoms with E-state index in [1.165, 1.54) is 16.7 Å². The minimum atomic E-state index is -3.83. The van der Waals surface area contributed by atoms with Crippen molar-refractivity contribution >= 4 is 80.6 Å². The van der Waals surface area contributed by atoms with Gasteiger partial charge in [-0.3, -0.25) is 0 Å². The first-order chi connectivity index (χ1) is 16.6. The second-order valence-electron chi connectivity index (χ2n) is 8.60. The van der Waals surface area contributed by atoms with E-state index in [1.807, 2.05) is 54.0 Å². The Bertz CT molecular complexity index is 1250. The molecule has 0 saturated heterocycles. The van der Waals surface area contributed by atoms with Gasteiger partial charge in [0.25, 0.3) is 10.0 Å². The first kappa shape index (κ1) is 28.0. The standard InChI is InChI=1S/C24H29NO3S7/c1-6-12-29-20-21(30-13-7-2)34-23(33-20)22-31-17-14-25(19(18(17)32-22)24(4,5)26)35(27,28)16-10-8-15(3)9-11-16/h8-11,14,26H,6-7,12-13H2,1-5H3. The van der Waals surface area contributed by atoms with Crippen molar-refractivity contribution in [2.24, 2.45) is 0 Å². The molecule has 0 unspecified atom stereocenters. The molecule has 0 spiro atoms. The van der Waals surface area contributed by atoms with Crippen LogP contribution in [0.15, 0.2) is 62.1 Å². The highest BCUT2D eigenvalue weighted by atomic mass is 32.3. The molecule has 190 valence electrons.